The number of benzene rings is 1. The minimum atomic E-state index is -0.877. The SMILES string of the molecule is CCCCC1CCC(C(O)c2ccc(F)c(F)c2)CC1. The average Bonchev–Trinajstić information content (AvgIpc) is 2.48. The molecule has 1 aliphatic rings. The van der Waals surface area contributed by atoms with Crippen molar-refractivity contribution in [1.82, 2.24) is 0 Å². The molecule has 1 aromatic carbocycles. The Balaban J connectivity index is 1.91. The van der Waals surface area contributed by atoms with Crippen molar-refractivity contribution < 1.29 is 13.9 Å². The summed E-state index contributed by atoms with van der Waals surface area (Å²) < 4.78 is 26.1. The molecule has 1 N–H and O–H groups in total. The van der Waals surface area contributed by atoms with E-state index < -0.39 is 17.7 Å². The number of halogens is 2. The van der Waals surface area contributed by atoms with Gasteiger partial charge in [0.15, 0.2) is 11.6 Å². The van der Waals surface area contributed by atoms with Gasteiger partial charge in [-0.15, -0.1) is 0 Å². The highest BCUT2D eigenvalue weighted by Gasteiger charge is 2.27. The summed E-state index contributed by atoms with van der Waals surface area (Å²) in [6.07, 6.45) is 7.38. The second-order valence-corrected chi connectivity index (χ2v) is 6.04. The van der Waals surface area contributed by atoms with E-state index in [4.69, 9.17) is 0 Å². The highest BCUT2D eigenvalue weighted by atomic mass is 19.2. The minimum Gasteiger partial charge on any atom is -0.388 e. The number of rotatable bonds is 5. The molecule has 0 aliphatic heterocycles. The lowest BCUT2D eigenvalue weighted by Crippen LogP contribution is -2.20. The summed E-state index contributed by atoms with van der Waals surface area (Å²) in [5, 5.41) is 10.3. The van der Waals surface area contributed by atoms with E-state index in [9.17, 15) is 13.9 Å². The third kappa shape index (κ3) is 3.78. The van der Waals surface area contributed by atoms with Crippen molar-refractivity contribution in [2.24, 2.45) is 11.8 Å². The van der Waals surface area contributed by atoms with E-state index in [0.29, 0.717) is 5.56 Å². The van der Waals surface area contributed by atoms with Crippen LogP contribution < -0.4 is 0 Å². The number of hydrogen-bond donors (Lipinski definition) is 1. The van der Waals surface area contributed by atoms with Gasteiger partial charge in [-0.05, 0) is 42.4 Å². The van der Waals surface area contributed by atoms with Crippen molar-refractivity contribution in [1.29, 1.82) is 0 Å². The first kappa shape index (κ1) is 15.4. The Morgan fingerprint density at radius 3 is 2.45 bits per heavy atom. The average molecular weight is 282 g/mol. The molecular formula is C17H24F2O. The zero-order chi connectivity index (χ0) is 14.5. The quantitative estimate of drug-likeness (QED) is 0.806. The zero-order valence-corrected chi connectivity index (χ0v) is 12.1. The number of aliphatic hydroxyl groups excluding tert-OH is 1. The van der Waals surface area contributed by atoms with Crippen LogP contribution in [-0.2, 0) is 0 Å². The van der Waals surface area contributed by atoms with E-state index in [2.05, 4.69) is 6.92 Å². The van der Waals surface area contributed by atoms with Crippen LogP contribution >= 0.6 is 0 Å². The van der Waals surface area contributed by atoms with Gasteiger partial charge in [0.1, 0.15) is 0 Å². The van der Waals surface area contributed by atoms with Gasteiger partial charge in [-0.1, -0.05) is 45.1 Å². The summed E-state index contributed by atoms with van der Waals surface area (Å²) >= 11 is 0. The van der Waals surface area contributed by atoms with Gasteiger partial charge < -0.3 is 5.11 Å². The standard InChI is InChI=1S/C17H24F2O/c1-2-3-4-12-5-7-13(8-6-12)17(20)14-9-10-15(18)16(19)11-14/h9-13,17,20H,2-8H2,1H3. The predicted molar refractivity (Wildman–Crippen MR) is 76.3 cm³/mol. The van der Waals surface area contributed by atoms with Crippen molar-refractivity contribution in [2.45, 2.75) is 58.0 Å². The monoisotopic (exact) mass is 282 g/mol. The molecular weight excluding hydrogens is 258 g/mol. The lowest BCUT2D eigenvalue weighted by molar-refractivity contribution is 0.0717. The summed E-state index contributed by atoms with van der Waals surface area (Å²) in [7, 11) is 0. The molecule has 1 nitrogen and oxygen atoms in total. The van der Waals surface area contributed by atoms with E-state index in [1.165, 1.54) is 25.3 Å². The van der Waals surface area contributed by atoms with Gasteiger partial charge >= 0.3 is 0 Å². The maximum atomic E-state index is 13.2. The summed E-state index contributed by atoms with van der Waals surface area (Å²) in [6.45, 7) is 2.21. The van der Waals surface area contributed by atoms with Crippen LogP contribution in [0.2, 0.25) is 0 Å². The highest BCUT2D eigenvalue weighted by Crippen LogP contribution is 2.38. The topological polar surface area (TPSA) is 20.2 Å². The molecule has 0 amide bonds. The third-order valence-corrected chi connectivity index (χ3v) is 4.59. The van der Waals surface area contributed by atoms with Gasteiger partial charge in [0, 0.05) is 0 Å². The molecule has 1 fully saturated rings. The number of hydrogen-bond acceptors (Lipinski definition) is 1. The Hall–Kier alpha value is -0.960. The maximum absolute atomic E-state index is 13.2. The van der Waals surface area contributed by atoms with E-state index in [0.717, 1.165) is 43.7 Å². The summed E-state index contributed by atoms with van der Waals surface area (Å²) in [4.78, 5) is 0. The fraction of sp³-hybridized carbons (Fsp3) is 0.647. The van der Waals surface area contributed by atoms with Crippen LogP contribution in [0.1, 0.15) is 63.5 Å². The fourth-order valence-electron chi connectivity index (χ4n) is 3.25. The van der Waals surface area contributed by atoms with Gasteiger partial charge in [0.25, 0.3) is 0 Å². The summed E-state index contributed by atoms with van der Waals surface area (Å²) in [6, 6.07) is 3.72. The van der Waals surface area contributed by atoms with Crippen LogP contribution in [0.5, 0.6) is 0 Å². The summed E-state index contributed by atoms with van der Waals surface area (Å²) in [5.41, 5.74) is 0.501. The van der Waals surface area contributed by atoms with Crippen molar-refractivity contribution in [3.05, 3.63) is 35.4 Å². The molecule has 0 bridgehead atoms. The Morgan fingerprint density at radius 2 is 1.85 bits per heavy atom. The van der Waals surface area contributed by atoms with Crippen LogP contribution in [0.3, 0.4) is 0 Å². The van der Waals surface area contributed by atoms with Crippen molar-refractivity contribution in [3.8, 4) is 0 Å². The van der Waals surface area contributed by atoms with Crippen molar-refractivity contribution in [2.75, 3.05) is 0 Å². The van der Waals surface area contributed by atoms with Crippen molar-refractivity contribution in [3.63, 3.8) is 0 Å². The molecule has 0 radical (unpaired) electrons. The second kappa shape index (κ2) is 7.16. The molecule has 1 saturated carbocycles. The first-order chi connectivity index (χ1) is 9.61. The van der Waals surface area contributed by atoms with E-state index in [1.54, 1.807) is 0 Å². The lowest BCUT2D eigenvalue weighted by atomic mass is 9.76. The zero-order valence-electron chi connectivity index (χ0n) is 12.1. The first-order valence-electron chi connectivity index (χ1n) is 7.74. The highest BCUT2D eigenvalue weighted by molar-refractivity contribution is 5.20. The maximum Gasteiger partial charge on any atom is 0.159 e. The van der Waals surface area contributed by atoms with E-state index >= 15 is 0 Å². The van der Waals surface area contributed by atoms with Gasteiger partial charge in [0.2, 0.25) is 0 Å². The molecule has 1 aromatic rings. The molecule has 20 heavy (non-hydrogen) atoms. The Bertz CT molecular complexity index is 425. The van der Waals surface area contributed by atoms with Gasteiger partial charge in [-0.25, -0.2) is 8.78 Å². The predicted octanol–water partition coefficient (Wildman–Crippen LogP) is 4.99. The van der Waals surface area contributed by atoms with Crippen LogP contribution in [0.4, 0.5) is 8.78 Å². The molecule has 1 unspecified atom stereocenters. The Labute approximate surface area is 120 Å². The Morgan fingerprint density at radius 1 is 1.15 bits per heavy atom. The summed E-state index contributed by atoms with van der Waals surface area (Å²) in [5.74, 6) is -0.775. The number of aliphatic hydroxyl groups is 1. The van der Waals surface area contributed by atoms with Gasteiger partial charge in [-0.3, -0.25) is 0 Å². The fourth-order valence-corrected chi connectivity index (χ4v) is 3.25. The van der Waals surface area contributed by atoms with E-state index in [-0.39, 0.29) is 5.92 Å². The Kier molecular flexibility index (Phi) is 5.53. The van der Waals surface area contributed by atoms with Gasteiger partial charge in [-0.2, -0.15) is 0 Å². The molecule has 0 aromatic heterocycles. The minimum absolute atomic E-state index is 0.178. The largest absolute Gasteiger partial charge is 0.388 e. The molecule has 3 heteroatoms. The third-order valence-electron chi connectivity index (χ3n) is 4.59. The number of unbranched alkanes of at least 4 members (excludes halogenated alkanes) is 1. The van der Waals surface area contributed by atoms with Crippen LogP contribution in [0.25, 0.3) is 0 Å². The molecule has 1 atom stereocenters. The van der Waals surface area contributed by atoms with Crippen molar-refractivity contribution >= 4 is 0 Å². The van der Waals surface area contributed by atoms with Gasteiger partial charge in [0.05, 0.1) is 6.10 Å². The smallest absolute Gasteiger partial charge is 0.159 e. The molecule has 2 rings (SSSR count). The molecule has 0 heterocycles. The lowest BCUT2D eigenvalue weighted by Gasteiger charge is -2.31. The van der Waals surface area contributed by atoms with Crippen LogP contribution in [0, 0.1) is 23.5 Å². The first-order valence-corrected chi connectivity index (χ1v) is 7.74. The molecule has 1 aliphatic carbocycles. The molecule has 0 spiro atoms. The van der Waals surface area contributed by atoms with E-state index in [1.807, 2.05) is 0 Å². The second-order valence-electron chi connectivity index (χ2n) is 6.04. The van der Waals surface area contributed by atoms with Crippen LogP contribution in [-0.4, -0.2) is 5.11 Å². The molecule has 112 valence electrons. The molecule has 0 saturated heterocycles. The van der Waals surface area contributed by atoms with Crippen LogP contribution in [0.15, 0.2) is 18.2 Å². The normalized spacial score (nSPS) is 24.6.